The molecular formula is C17H16N4O3S. The van der Waals surface area contributed by atoms with Crippen LogP contribution in [0.3, 0.4) is 0 Å². The Morgan fingerprint density at radius 1 is 1.28 bits per heavy atom. The van der Waals surface area contributed by atoms with Gasteiger partial charge in [-0.3, -0.25) is 4.79 Å². The fraction of sp³-hybridized carbons (Fsp3) is 0.118. The summed E-state index contributed by atoms with van der Waals surface area (Å²) < 4.78 is 1.94. The molecule has 2 aromatic carbocycles. The van der Waals surface area contributed by atoms with Crippen LogP contribution in [0.4, 0.5) is 0 Å². The van der Waals surface area contributed by atoms with Crippen LogP contribution in [0.15, 0.2) is 52.7 Å². The zero-order valence-corrected chi connectivity index (χ0v) is 14.2. The Morgan fingerprint density at radius 2 is 2.08 bits per heavy atom. The molecule has 0 unspecified atom stereocenters. The second-order valence-corrected chi connectivity index (χ2v) is 6.21. The number of carbonyl (C=O) groups excluding carboxylic acids is 1. The summed E-state index contributed by atoms with van der Waals surface area (Å²) >= 11 is 1.32. The number of fused-ring (bicyclic) bond motifs is 1. The lowest BCUT2D eigenvalue weighted by atomic mass is 10.2. The van der Waals surface area contributed by atoms with E-state index < -0.39 is 0 Å². The number of hydrogen-bond acceptors (Lipinski definition) is 6. The van der Waals surface area contributed by atoms with Gasteiger partial charge in [0.1, 0.15) is 0 Å². The summed E-state index contributed by atoms with van der Waals surface area (Å²) in [5, 5.41) is 23.2. The second kappa shape index (κ2) is 7.27. The number of hydrazone groups is 1. The summed E-state index contributed by atoms with van der Waals surface area (Å²) in [6.07, 6.45) is 1.39. The van der Waals surface area contributed by atoms with E-state index in [1.54, 1.807) is 6.07 Å². The predicted octanol–water partition coefficient (Wildman–Crippen LogP) is 2.23. The van der Waals surface area contributed by atoms with Crippen LogP contribution in [0.25, 0.3) is 11.0 Å². The van der Waals surface area contributed by atoms with E-state index in [2.05, 4.69) is 15.5 Å². The maximum Gasteiger partial charge on any atom is 0.250 e. The van der Waals surface area contributed by atoms with E-state index in [0.29, 0.717) is 5.56 Å². The van der Waals surface area contributed by atoms with Gasteiger partial charge in [-0.15, -0.1) is 0 Å². The zero-order chi connectivity index (χ0) is 17.8. The molecule has 0 atom stereocenters. The number of aryl methyl sites for hydroxylation is 1. The van der Waals surface area contributed by atoms with Gasteiger partial charge in [0.05, 0.1) is 23.0 Å². The first-order valence-corrected chi connectivity index (χ1v) is 8.41. The number of hydrogen-bond donors (Lipinski definition) is 3. The Kier molecular flexibility index (Phi) is 4.90. The van der Waals surface area contributed by atoms with Crippen molar-refractivity contribution in [2.45, 2.75) is 5.16 Å². The van der Waals surface area contributed by atoms with E-state index in [9.17, 15) is 15.0 Å². The SMILES string of the molecule is Cn1c(SCC(=O)NN=Cc2ccc(O)c(O)c2)nc2ccccc21. The largest absolute Gasteiger partial charge is 0.504 e. The Labute approximate surface area is 148 Å². The summed E-state index contributed by atoms with van der Waals surface area (Å²) in [4.78, 5) is 16.4. The molecule has 1 heterocycles. The number of aromatic hydroxyl groups is 2. The summed E-state index contributed by atoms with van der Waals surface area (Å²) in [7, 11) is 1.91. The number of rotatable bonds is 5. The van der Waals surface area contributed by atoms with Crippen LogP contribution < -0.4 is 5.43 Å². The number of carbonyl (C=O) groups is 1. The Bertz CT molecular complexity index is 952. The number of amides is 1. The average molecular weight is 356 g/mol. The fourth-order valence-corrected chi connectivity index (χ4v) is 2.99. The van der Waals surface area contributed by atoms with Crippen molar-refractivity contribution in [2.24, 2.45) is 12.1 Å². The molecule has 25 heavy (non-hydrogen) atoms. The van der Waals surface area contributed by atoms with E-state index in [4.69, 9.17) is 0 Å². The van der Waals surface area contributed by atoms with Crippen molar-refractivity contribution in [2.75, 3.05) is 5.75 Å². The van der Waals surface area contributed by atoms with Gasteiger partial charge >= 0.3 is 0 Å². The maximum atomic E-state index is 11.9. The molecule has 0 radical (unpaired) electrons. The monoisotopic (exact) mass is 356 g/mol. The molecule has 0 spiro atoms. The van der Waals surface area contributed by atoms with Crippen molar-refractivity contribution >= 4 is 34.9 Å². The van der Waals surface area contributed by atoms with Gasteiger partial charge in [-0.2, -0.15) is 5.10 Å². The van der Waals surface area contributed by atoms with Crippen LogP contribution in [0.2, 0.25) is 0 Å². The molecule has 0 bridgehead atoms. The van der Waals surface area contributed by atoms with Gasteiger partial charge in [-0.05, 0) is 35.9 Å². The lowest BCUT2D eigenvalue weighted by Crippen LogP contribution is -2.19. The van der Waals surface area contributed by atoms with Crippen LogP contribution >= 0.6 is 11.8 Å². The first kappa shape index (κ1) is 16.8. The van der Waals surface area contributed by atoms with E-state index in [-0.39, 0.29) is 23.2 Å². The van der Waals surface area contributed by atoms with Crippen LogP contribution in [-0.2, 0) is 11.8 Å². The van der Waals surface area contributed by atoms with Crippen LogP contribution in [0, 0.1) is 0 Å². The summed E-state index contributed by atoms with van der Waals surface area (Å²) in [6.45, 7) is 0. The van der Waals surface area contributed by atoms with Gasteiger partial charge < -0.3 is 14.8 Å². The first-order chi connectivity index (χ1) is 12.0. The van der Waals surface area contributed by atoms with E-state index >= 15 is 0 Å². The highest BCUT2D eigenvalue weighted by Crippen LogP contribution is 2.24. The van der Waals surface area contributed by atoms with Crippen LogP contribution in [0.1, 0.15) is 5.56 Å². The summed E-state index contributed by atoms with van der Waals surface area (Å²) in [5.74, 6) is -0.543. The second-order valence-electron chi connectivity index (χ2n) is 5.27. The molecule has 1 amide bonds. The van der Waals surface area contributed by atoms with Gasteiger partial charge in [0, 0.05) is 7.05 Å². The maximum absolute atomic E-state index is 11.9. The smallest absolute Gasteiger partial charge is 0.250 e. The number of imidazole rings is 1. The molecule has 0 aliphatic rings. The number of thioether (sulfide) groups is 1. The third-order valence-electron chi connectivity index (χ3n) is 3.48. The Balaban J connectivity index is 1.56. The van der Waals surface area contributed by atoms with Gasteiger partial charge in [-0.1, -0.05) is 23.9 Å². The molecule has 0 saturated heterocycles. The van der Waals surface area contributed by atoms with Gasteiger partial charge in [0.25, 0.3) is 5.91 Å². The number of nitrogens with one attached hydrogen (secondary N) is 1. The molecule has 3 rings (SSSR count). The summed E-state index contributed by atoms with van der Waals surface area (Å²) in [5.41, 5.74) is 4.87. The third-order valence-corrected chi connectivity index (χ3v) is 4.51. The highest BCUT2D eigenvalue weighted by Gasteiger charge is 2.09. The minimum atomic E-state index is -0.267. The van der Waals surface area contributed by atoms with Crippen molar-refractivity contribution in [3.05, 3.63) is 48.0 Å². The molecule has 128 valence electrons. The van der Waals surface area contributed by atoms with Crippen molar-refractivity contribution in [3.63, 3.8) is 0 Å². The predicted molar refractivity (Wildman–Crippen MR) is 96.9 cm³/mol. The Morgan fingerprint density at radius 3 is 2.84 bits per heavy atom. The number of phenolic OH excluding ortho intramolecular Hbond substituents is 2. The van der Waals surface area contributed by atoms with Crippen LogP contribution in [-0.4, -0.2) is 37.6 Å². The number of phenols is 2. The molecule has 0 fully saturated rings. The van der Waals surface area contributed by atoms with E-state index in [0.717, 1.165) is 16.2 Å². The first-order valence-electron chi connectivity index (χ1n) is 7.43. The number of aromatic nitrogens is 2. The highest BCUT2D eigenvalue weighted by atomic mass is 32.2. The van der Waals surface area contributed by atoms with Crippen LogP contribution in [0.5, 0.6) is 11.5 Å². The molecule has 7 nitrogen and oxygen atoms in total. The van der Waals surface area contributed by atoms with Crippen molar-refractivity contribution in [1.82, 2.24) is 15.0 Å². The molecule has 1 aromatic heterocycles. The van der Waals surface area contributed by atoms with E-state index in [1.807, 2.05) is 35.9 Å². The van der Waals surface area contributed by atoms with E-state index in [1.165, 1.54) is 30.1 Å². The molecule has 8 heteroatoms. The molecular weight excluding hydrogens is 340 g/mol. The van der Waals surface area contributed by atoms with Crippen molar-refractivity contribution in [3.8, 4) is 11.5 Å². The van der Waals surface area contributed by atoms with Gasteiger partial charge in [0.15, 0.2) is 16.7 Å². The molecule has 0 aliphatic heterocycles. The Hall–Kier alpha value is -3.00. The number of para-hydroxylation sites is 2. The molecule has 0 saturated carbocycles. The molecule has 3 aromatic rings. The number of nitrogens with zero attached hydrogens (tertiary/aromatic N) is 3. The lowest BCUT2D eigenvalue weighted by Gasteiger charge is -2.02. The van der Waals surface area contributed by atoms with Crippen molar-refractivity contribution < 1.29 is 15.0 Å². The molecule has 3 N–H and O–H groups in total. The van der Waals surface area contributed by atoms with Gasteiger partial charge in [-0.25, -0.2) is 10.4 Å². The normalized spacial score (nSPS) is 11.2. The van der Waals surface area contributed by atoms with Gasteiger partial charge in [0.2, 0.25) is 0 Å². The summed E-state index contributed by atoms with van der Waals surface area (Å²) in [6, 6.07) is 12.0. The molecule has 0 aliphatic carbocycles. The quantitative estimate of drug-likeness (QED) is 0.282. The fourth-order valence-electron chi connectivity index (χ4n) is 2.21. The lowest BCUT2D eigenvalue weighted by molar-refractivity contribution is -0.118. The third kappa shape index (κ3) is 3.92. The minimum absolute atomic E-state index is 0.176. The average Bonchev–Trinajstić information content (AvgIpc) is 2.93. The van der Waals surface area contributed by atoms with Crippen molar-refractivity contribution in [1.29, 1.82) is 0 Å². The standard InChI is InChI=1S/C17H16N4O3S/c1-21-13-5-3-2-4-12(13)19-17(21)25-10-16(24)20-18-9-11-6-7-14(22)15(23)8-11/h2-9,22-23H,10H2,1H3,(H,20,24). The minimum Gasteiger partial charge on any atom is -0.504 e. The number of benzene rings is 2. The zero-order valence-electron chi connectivity index (χ0n) is 13.4. The highest BCUT2D eigenvalue weighted by molar-refractivity contribution is 7.99. The topological polar surface area (TPSA) is 99.7 Å².